The molecule has 0 saturated carbocycles. The van der Waals surface area contributed by atoms with Gasteiger partial charge in [-0.25, -0.2) is 9.97 Å². The van der Waals surface area contributed by atoms with Crippen LogP contribution in [0.15, 0.2) is 45.5 Å². The van der Waals surface area contributed by atoms with Crippen molar-refractivity contribution >= 4 is 35.3 Å². The van der Waals surface area contributed by atoms with Crippen LogP contribution < -0.4 is 0 Å². The van der Waals surface area contributed by atoms with Crippen LogP contribution in [0.2, 0.25) is 0 Å². The topological polar surface area (TPSA) is 25.8 Å². The Morgan fingerprint density at radius 2 is 1.42 bits per heavy atom. The number of rotatable bonds is 5. The van der Waals surface area contributed by atoms with Crippen LogP contribution in [0.4, 0.5) is 0 Å². The number of nitrogens with zero attached hydrogens (tertiary/aromatic N) is 2. The van der Waals surface area contributed by atoms with Gasteiger partial charge in [0.25, 0.3) is 0 Å². The molecule has 1 heterocycles. The molecule has 0 atom stereocenters. The van der Waals surface area contributed by atoms with Gasteiger partial charge in [-0.05, 0) is 42.0 Å². The molecule has 19 heavy (non-hydrogen) atoms. The third kappa shape index (κ3) is 3.68. The van der Waals surface area contributed by atoms with Gasteiger partial charge in [0.1, 0.15) is 6.33 Å². The SMILES string of the molecule is CSc1cc(Cc2cncnc2)cc(SC)c1SC. The van der Waals surface area contributed by atoms with Crippen molar-refractivity contribution in [3.8, 4) is 0 Å². The van der Waals surface area contributed by atoms with Gasteiger partial charge in [-0.1, -0.05) is 0 Å². The Morgan fingerprint density at radius 3 is 1.89 bits per heavy atom. The fourth-order valence-corrected chi connectivity index (χ4v) is 4.61. The molecule has 5 heteroatoms. The van der Waals surface area contributed by atoms with E-state index in [0.717, 1.165) is 12.0 Å². The Kier molecular flexibility index (Phi) is 5.60. The zero-order chi connectivity index (χ0) is 13.7. The van der Waals surface area contributed by atoms with Crippen molar-refractivity contribution in [2.75, 3.05) is 18.8 Å². The van der Waals surface area contributed by atoms with Gasteiger partial charge in [0, 0.05) is 33.5 Å². The van der Waals surface area contributed by atoms with Crippen LogP contribution in [0, 0.1) is 0 Å². The Hall–Kier alpha value is -0.650. The van der Waals surface area contributed by atoms with Crippen LogP contribution in [-0.4, -0.2) is 28.7 Å². The highest BCUT2D eigenvalue weighted by molar-refractivity contribution is 8.03. The number of aromatic nitrogens is 2. The molecule has 0 bridgehead atoms. The lowest BCUT2D eigenvalue weighted by atomic mass is 10.1. The Morgan fingerprint density at radius 1 is 0.842 bits per heavy atom. The number of thioether (sulfide) groups is 3. The molecule has 2 rings (SSSR count). The molecule has 100 valence electrons. The van der Waals surface area contributed by atoms with E-state index in [9.17, 15) is 0 Å². The smallest absolute Gasteiger partial charge is 0.115 e. The van der Waals surface area contributed by atoms with E-state index in [4.69, 9.17) is 0 Å². The van der Waals surface area contributed by atoms with Crippen molar-refractivity contribution in [3.05, 3.63) is 42.0 Å². The lowest BCUT2D eigenvalue weighted by Gasteiger charge is -2.13. The fraction of sp³-hybridized carbons (Fsp3) is 0.286. The molecule has 0 radical (unpaired) electrons. The summed E-state index contributed by atoms with van der Waals surface area (Å²) >= 11 is 5.44. The summed E-state index contributed by atoms with van der Waals surface area (Å²) < 4.78 is 0. The van der Waals surface area contributed by atoms with E-state index in [2.05, 4.69) is 40.9 Å². The highest BCUT2D eigenvalue weighted by atomic mass is 32.2. The highest BCUT2D eigenvalue weighted by Gasteiger charge is 2.10. The number of hydrogen-bond acceptors (Lipinski definition) is 5. The summed E-state index contributed by atoms with van der Waals surface area (Å²) in [6.45, 7) is 0. The third-order valence-electron chi connectivity index (χ3n) is 2.75. The molecular weight excluding hydrogens is 292 g/mol. The zero-order valence-electron chi connectivity index (χ0n) is 11.2. The van der Waals surface area contributed by atoms with Gasteiger partial charge in [0.2, 0.25) is 0 Å². The minimum atomic E-state index is 0.886. The normalized spacial score (nSPS) is 10.7. The summed E-state index contributed by atoms with van der Waals surface area (Å²) in [5.41, 5.74) is 2.47. The molecule has 1 aromatic heterocycles. The minimum Gasteiger partial charge on any atom is -0.245 e. The molecule has 0 saturated heterocycles. The van der Waals surface area contributed by atoms with E-state index < -0.39 is 0 Å². The van der Waals surface area contributed by atoms with Crippen molar-refractivity contribution in [3.63, 3.8) is 0 Å². The molecule has 0 aliphatic carbocycles. The predicted molar refractivity (Wildman–Crippen MR) is 86.6 cm³/mol. The second-order valence-corrected chi connectivity index (χ2v) is 6.47. The van der Waals surface area contributed by atoms with Gasteiger partial charge in [-0.3, -0.25) is 0 Å². The monoisotopic (exact) mass is 308 g/mol. The van der Waals surface area contributed by atoms with Crippen LogP contribution in [0.3, 0.4) is 0 Å². The summed E-state index contributed by atoms with van der Waals surface area (Å²) in [6.07, 6.45) is 12.6. The standard InChI is InChI=1S/C14H16N2S3/c1-17-12-5-10(4-11-7-15-9-16-8-11)6-13(18-2)14(12)19-3/h5-9H,4H2,1-3H3. The van der Waals surface area contributed by atoms with E-state index in [1.54, 1.807) is 6.33 Å². The van der Waals surface area contributed by atoms with E-state index in [0.29, 0.717) is 0 Å². The molecule has 0 aliphatic rings. The van der Waals surface area contributed by atoms with Crippen molar-refractivity contribution < 1.29 is 0 Å². The molecule has 0 aliphatic heterocycles. The average molecular weight is 308 g/mol. The van der Waals surface area contributed by atoms with Gasteiger partial charge >= 0.3 is 0 Å². The maximum Gasteiger partial charge on any atom is 0.115 e. The van der Waals surface area contributed by atoms with Crippen LogP contribution >= 0.6 is 35.3 Å². The van der Waals surface area contributed by atoms with E-state index >= 15 is 0 Å². The van der Waals surface area contributed by atoms with Crippen molar-refractivity contribution in [2.45, 2.75) is 21.1 Å². The molecule has 0 spiro atoms. The van der Waals surface area contributed by atoms with Crippen LogP contribution in [0.1, 0.15) is 11.1 Å². The van der Waals surface area contributed by atoms with Crippen molar-refractivity contribution in [1.82, 2.24) is 9.97 Å². The number of hydrogen-bond donors (Lipinski definition) is 0. The quantitative estimate of drug-likeness (QED) is 0.770. The average Bonchev–Trinajstić information content (AvgIpc) is 2.47. The van der Waals surface area contributed by atoms with Crippen LogP contribution in [0.25, 0.3) is 0 Å². The summed E-state index contributed by atoms with van der Waals surface area (Å²) in [4.78, 5) is 12.2. The summed E-state index contributed by atoms with van der Waals surface area (Å²) in [7, 11) is 0. The largest absolute Gasteiger partial charge is 0.245 e. The third-order valence-corrected chi connectivity index (χ3v) is 5.38. The molecule has 0 fully saturated rings. The van der Waals surface area contributed by atoms with E-state index in [1.807, 2.05) is 47.7 Å². The predicted octanol–water partition coefficient (Wildman–Crippen LogP) is 4.23. The Labute approximate surface area is 127 Å². The first-order valence-corrected chi connectivity index (χ1v) is 9.48. The molecule has 0 N–H and O–H groups in total. The molecule has 2 nitrogen and oxygen atoms in total. The summed E-state index contributed by atoms with van der Waals surface area (Å²) in [6, 6.07) is 4.56. The van der Waals surface area contributed by atoms with Crippen LogP contribution in [-0.2, 0) is 6.42 Å². The maximum atomic E-state index is 4.07. The van der Waals surface area contributed by atoms with E-state index in [1.165, 1.54) is 20.2 Å². The molecular formula is C14H16N2S3. The van der Waals surface area contributed by atoms with E-state index in [-0.39, 0.29) is 0 Å². The second kappa shape index (κ2) is 7.22. The van der Waals surface area contributed by atoms with Gasteiger partial charge in [0.15, 0.2) is 0 Å². The molecule has 2 aromatic rings. The van der Waals surface area contributed by atoms with Crippen molar-refractivity contribution in [1.29, 1.82) is 0 Å². The summed E-state index contributed by atoms with van der Waals surface area (Å²) in [5.74, 6) is 0. The minimum absolute atomic E-state index is 0.886. The van der Waals surface area contributed by atoms with Crippen LogP contribution in [0.5, 0.6) is 0 Å². The number of benzene rings is 1. The van der Waals surface area contributed by atoms with Gasteiger partial charge in [-0.2, -0.15) is 0 Å². The molecule has 1 aromatic carbocycles. The van der Waals surface area contributed by atoms with Crippen molar-refractivity contribution in [2.24, 2.45) is 0 Å². The first-order chi connectivity index (χ1) is 9.28. The molecule has 0 amide bonds. The Balaban J connectivity index is 2.36. The fourth-order valence-electron chi connectivity index (χ4n) is 1.89. The molecule has 0 unspecified atom stereocenters. The first kappa shape index (κ1) is 14.8. The van der Waals surface area contributed by atoms with Gasteiger partial charge < -0.3 is 0 Å². The lowest BCUT2D eigenvalue weighted by molar-refractivity contribution is 1.03. The second-order valence-electron chi connectivity index (χ2n) is 3.96. The lowest BCUT2D eigenvalue weighted by Crippen LogP contribution is -1.93. The summed E-state index contributed by atoms with van der Waals surface area (Å²) in [5, 5.41) is 0. The zero-order valence-corrected chi connectivity index (χ0v) is 13.7. The maximum absolute atomic E-state index is 4.07. The van der Waals surface area contributed by atoms with Gasteiger partial charge in [-0.15, -0.1) is 35.3 Å². The Bertz CT molecular complexity index is 519. The highest BCUT2D eigenvalue weighted by Crippen LogP contribution is 2.37. The first-order valence-electron chi connectivity index (χ1n) is 5.81. The van der Waals surface area contributed by atoms with Gasteiger partial charge in [0.05, 0.1) is 0 Å².